The molecule has 0 radical (unpaired) electrons. The number of benzene rings is 1. The van der Waals surface area contributed by atoms with Crippen LogP contribution in [0.2, 0.25) is 0 Å². The Hall–Kier alpha value is -2.78. The van der Waals surface area contributed by atoms with E-state index in [1.54, 1.807) is 36.8 Å². The standard InChI is InChI=1S/C21H22N4O3S2/c1-28-16-10-8-15(9-11-16)25(21(27)17-13-30-24-23-17)19(18-7-4-12-29-18)20(26)22-14-5-2-3-6-14/h4,7-14,19H,2-3,5-6H2,1H3,(H,22,26)/t19-/m1/s1. The molecule has 1 aliphatic rings. The van der Waals surface area contributed by atoms with E-state index in [-0.39, 0.29) is 23.6 Å². The maximum absolute atomic E-state index is 13.5. The Balaban J connectivity index is 1.75. The summed E-state index contributed by atoms with van der Waals surface area (Å²) in [7, 11) is 1.59. The number of nitrogens with one attached hydrogen (secondary N) is 1. The Morgan fingerprint density at radius 2 is 1.97 bits per heavy atom. The Kier molecular flexibility index (Phi) is 6.39. The number of rotatable bonds is 7. The second-order valence-corrected chi connectivity index (χ2v) is 8.66. The number of hydrogen-bond acceptors (Lipinski definition) is 7. The minimum Gasteiger partial charge on any atom is -0.497 e. The van der Waals surface area contributed by atoms with Crippen molar-refractivity contribution >= 4 is 40.4 Å². The van der Waals surface area contributed by atoms with Gasteiger partial charge in [0.2, 0.25) is 5.91 Å². The van der Waals surface area contributed by atoms with Crippen LogP contribution >= 0.6 is 22.9 Å². The summed E-state index contributed by atoms with van der Waals surface area (Å²) in [6.07, 6.45) is 4.16. The van der Waals surface area contributed by atoms with Crippen molar-refractivity contribution in [2.75, 3.05) is 12.0 Å². The van der Waals surface area contributed by atoms with Gasteiger partial charge in [-0.15, -0.1) is 16.4 Å². The molecule has 9 heteroatoms. The summed E-state index contributed by atoms with van der Waals surface area (Å²) in [6.45, 7) is 0. The van der Waals surface area contributed by atoms with Gasteiger partial charge in [0.1, 0.15) is 5.75 Å². The van der Waals surface area contributed by atoms with E-state index in [0.29, 0.717) is 11.4 Å². The van der Waals surface area contributed by atoms with Crippen LogP contribution in [0.15, 0.2) is 47.2 Å². The first-order valence-electron chi connectivity index (χ1n) is 9.76. The van der Waals surface area contributed by atoms with Gasteiger partial charge in [-0.2, -0.15) is 0 Å². The molecule has 2 aromatic heterocycles. The molecule has 1 N–H and O–H groups in total. The molecule has 1 aromatic carbocycles. The predicted molar refractivity (Wildman–Crippen MR) is 117 cm³/mol. The Morgan fingerprint density at radius 3 is 2.57 bits per heavy atom. The van der Waals surface area contributed by atoms with Crippen molar-refractivity contribution < 1.29 is 14.3 Å². The minimum atomic E-state index is -0.798. The van der Waals surface area contributed by atoms with Gasteiger partial charge in [0.05, 0.1) is 7.11 Å². The lowest BCUT2D eigenvalue weighted by Crippen LogP contribution is -2.46. The third-order valence-corrected chi connectivity index (χ3v) is 6.60. The predicted octanol–water partition coefficient (Wildman–Crippen LogP) is 4.06. The summed E-state index contributed by atoms with van der Waals surface area (Å²) in [5, 5.41) is 10.6. The summed E-state index contributed by atoms with van der Waals surface area (Å²) in [5.74, 6) is 0.121. The zero-order valence-electron chi connectivity index (χ0n) is 16.5. The first-order chi connectivity index (χ1) is 14.7. The molecule has 1 aliphatic carbocycles. The van der Waals surface area contributed by atoms with Crippen LogP contribution in [-0.4, -0.2) is 34.6 Å². The molecule has 4 rings (SSSR count). The highest BCUT2D eigenvalue weighted by atomic mass is 32.1. The third-order valence-electron chi connectivity index (χ3n) is 5.17. The molecule has 156 valence electrons. The van der Waals surface area contributed by atoms with Crippen molar-refractivity contribution in [3.63, 3.8) is 0 Å². The van der Waals surface area contributed by atoms with E-state index in [1.807, 2.05) is 17.5 Å². The lowest BCUT2D eigenvalue weighted by molar-refractivity contribution is -0.123. The third kappa shape index (κ3) is 4.36. The highest BCUT2D eigenvalue weighted by Gasteiger charge is 2.36. The highest BCUT2D eigenvalue weighted by molar-refractivity contribution is 7.10. The van der Waals surface area contributed by atoms with Crippen LogP contribution in [0.3, 0.4) is 0 Å². The second-order valence-electron chi connectivity index (χ2n) is 7.07. The second kappa shape index (κ2) is 9.36. The smallest absolute Gasteiger partial charge is 0.280 e. The number of nitrogens with zero attached hydrogens (tertiary/aromatic N) is 3. The zero-order valence-corrected chi connectivity index (χ0v) is 18.1. The molecule has 30 heavy (non-hydrogen) atoms. The van der Waals surface area contributed by atoms with Gasteiger partial charge < -0.3 is 10.1 Å². The fourth-order valence-corrected chi connectivity index (χ4v) is 4.92. The quantitative estimate of drug-likeness (QED) is 0.597. The summed E-state index contributed by atoms with van der Waals surface area (Å²) >= 11 is 2.55. The first kappa shape index (κ1) is 20.5. The lowest BCUT2D eigenvalue weighted by atomic mass is 10.1. The van der Waals surface area contributed by atoms with Gasteiger partial charge in [-0.25, -0.2) is 0 Å². The molecule has 2 heterocycles. The number of hydrogen-bond donors (Lipinski definition) is 1. The molecule has 2 amide bonds. The Labute approximate surface area is 182 Å². The molecular formula is C21H22N4O3S2. The van der Waals surface area contributed by atoms with E-state index in [4.69, 9.17) is 4.74 Å². The number of aromatic nitrogens is 2. The molecule has 0 spiro atoms. The number of anilines is 1. The summed E-state index contributed by atoms with van der Waals surface area (Å²) in [6, 6.07) is 10.2. The van der Waals surface area contributed by atoms with Crippen LogP contribution in [0.5, 0.6) is 5.75 Å². The molecule has 0 aliphatic heterocycles. The van der Waals surface area contributed by atoms with E-state index < -0.39 is 6.04 Å². The largest absolute Gasteiger partial charge is 0.497 e. The van der Waals surface area contributed by atoms with Gasteiger partial charge in [-0.05, 0) is 60.1 Å². The summed E-state index contributed by atoms with van der Waals surface area (Å²) in [4.78, 5) is 29.2. The lowest BCUT2D eigenvalue weighted by Gasteiger charge is -2.31. The Morgan fingerprint density at radius 1 is 1.20 bits per heavy atom. The van der Waals surface area contributed by atoms with Gasteiger partial charge in [-0.3, -0.25) is 14.5 Å². The van der Waals surface area contributed by atoms with Gasteiger partial charge in [0.25, 0.3) is 5.91 Å². The van der Waals surface area contributed by atoms with Crippen LogP contribution in [0.25, 0.3) is 0 Å². The fourth-order valence-electron chi connectivity index (χ4n) is 3.68. The minimum absolute atomic E-state index is 0.147. The van der Waals surface area contributed by atoms with Crippen LogP contribution in [0.4, 0.5) is 5.69 Å². The molecule has 7 nitrogen and oxygen atoms in total. The maximum Gasteiger partial charge on any atom is 0.280 e. The summed E-state index contributed by atoms with van der Waals surface area (Å²) < 4.78 is 9.07. The molecule has 3 aromatic rings. The molecule has 1 atom stereocenters. The fraction of sp³-hybridized carbons (Fsp3) is 0.333. The van der Waals surface area contributed by atoms with Gasteiger partial charge in [0, 0.05) is 22.0 Å². The number of carbonyl (C=O) groups excluding carboxylic acids is 2. The molecular weight excluding hydrogens is 420 g/mol. The number of ether oxygens (including phenoxy) is 1. The van der Waals surface area contributed by atoms with Crippen LogP contribution in [-0.2, 0) is 4.79 Å². The molecule has 1 saturated carbocycles. The topological polar surface area (TPSA) is 84.4 Å². The SMILES string of the molecule is COc1ccc(N(C(=O)c2csnn2)[C@@H](C(=O)NC2CCCC2)c2cccs2)cc1. The molecule has 0 unspecified atom stereocenters. The molecule has 0 bridgehead atoms. The maximum atomic E-state index is 13.5. The van der Waals surface area contributed by atoms with Crippen molar-refractivity contribution in [1.29, 1.82) is 0 Å². The van der Waals surface area contributed by atoms with E-state index >= 15 is 0 Å². The van der Waals surface area contributed by atoms with Crippen molar-refractivity contribution in [3.8, 4) is 5.75 Å². The number of thiophene rings is 1. The van der Waals surface area contributed by atoms with Crippen LogP contribution < -0.4 is 15.0 Å². The monoisotopic (exact) mass is 442 g/mol. The summed E-state index contributed by atoms with van der Waals surface area (Å²) in [5.41, 5.74) is 0.805. The average molecular weight is 443 g/mol. The van der Waals surface area contributed by atoms with Crippen molar-refractivity contribution in [3.05, 3.63) is 57.7 Å². The first-order valence-corrected chi connectivity index (χ1v) is 11.5. The number of carbonyl (C=O) groups is 2. The van der Waals surface area contributed by atoms with Gasteiger partial charge in [-0.1, -0.05) is 23.4 Å². The Bertz CT molecular complexity index is 968. The number of amides is 2. The zero-order chi connectivity index (χ0) is 20.9. The van der Waals surface area contributed by atoms with E-state index in [2.05, 4.69) is 14.9 Å². The highest BCUT2D eigenvalue weighted by Crippen LogP contribution is 2.33. The van der Waals surface area contributed by atoms with Gasteiger partial charge >= 0.3 is 0 Å². The molecule has 0 saturated heterocycles. The van der Waals surface area contributed by atoms with Crippen molar-refractivity contribution in [2.45, 2.75) is 37.8 Å². The number of methoxy groups -OCH3 is 1. The van der Waals surface area contributed by atoms with E-state index in [1.165, 1.54) is 16.2 Å². The van der Waals surface area contributed by atoms with E-state index in [0.717, 1.165) is 42.1 Å². The van der Waals surface area contributed by atoms with Crippen molar-refractivity contribution in [2.24, 2.45) is 0 Å². The van der Waals surface area contributed by atoms with Gasteiger partial charge in [0.15, 0.2) is 11.7 Å². The normalized spacial score (nSPS) is 15.0. The average Bonchev–Trinajstić information content (AvgIpc) is 3.55. The molecule has 1 fully saturated rings. The van der Waals surface area contributed by atoms with Crippen molar-refractivity contribution in [1.82, 2.24) is 14.9 Å². The van der Waals surface area contributed by atoms with E-state index in [9.17, 15) is 9.59 Å². The van der Waals surface area contributed by atoms with Crippen LogP contribution in [0, 0.1) is 0 Å². The van der Waals surface area contributed by atoms with Crippen LogP contribution in [0.1, 0.15) is 47.1 Å².